The monoisotopic (exact) mass is 625 g/mol. The molecule has 3 aliphatic heterocycles. The molecule has 11 nitrogen and oxygen atoms in total. The third-order valence-electron chi connectivity index (χ3n) is 8.08. The number of carbonyl (C=O) groups is 1. The second-order valence-electron chi connectivity index (χ2n) is 10.8. The largest absolute Gasteiger partial charge is 0.478 e. The van der Waals surface area contributed by atoms with Crippen LogP contribution in [0.4, 0.5) is 5.69 Å². The van der Waals surface area contributed by atoms with Crippen LogP contribution in [0, 0.1) is 12.1 Å². The second-order valence-corrected chi connectivity index (χ2v) is 13.9. The summed E-state index contributed by atoms with van der Waals surface area (Å²) in [7, 11) is -8.35. The van der Waals surface area contributed by atoms with E-state index in [1.807, 2.05) is 21.6 Å². The Morgan fingerprint density at radius 3 is 2.40 bits per heavy atom. The molecule has 6 rings (SSSR count). The second kappa shape index (κ2) is 10.9. The van der Waals surface area contributed by atoms with Crippen molar-refractivity contribution in [1.82, 2.24) is 4.58 Å². The molecule has 0 radical (unpaired) electrons. The van der Waals surface area contributed by atoms with Crippen molar-refractivity contribution in [3.8, 4) is 11.5 Å². The van der Waals surface area contributed by atoms with Gasteiger partial charge in [0.05, 0.1) is 22.1 Å². The summed E-state index contributed by atoms with van der Waals surface area (Å²) >= 11 is 0. The van der Waals surface area contributed by atoms with Crippen LogP contribution in [0.15, 0.2) is 36.4 Å². The molecular weight excluding hydrogens is 596 g/mol. The third-order valence-corrected chi connectivity index (χ3v) is 9.48. The number of nitrogens with zero attached hydrogens (tertiary/aromatic N) is 2. The first-order valence-electron chi connectivity index (χ1n) is 13.9. The normalized spacial score (nSPS) is 15.9. The first-order chi connectivity index (χ1) is 20.4. The molecule has 0 fully saturated rings. The van der Waals surface area contributed by atoms with Gasteiger partial charge in [-0.1, -0.05) is 24.3 Å². The lowest BCUT2D eigenvalue weighted by atomic mass is 9.86. The van der Waals surface area contributed by atoms with E-state index in [0.29, 0.717) is 77.5 Å². The predicted octanol–water partition coefficient (Wildman–Crippen LogP) is 1.30. The predicted molar refractivity (Wildman–Crippen MR) is 158 cm³/mol. The van der Waals surface area contributed by atoms with Crippen molar-refractivity contribution < 1.29 is 40.6 Å². The number of hydrogen-bond acceptors (Lipinski definition) is 7. The molecule has 0 spiro atoms. The quantitative estimate of drug-likeness (QED) is 0.192. The lowest BCUT2D eigenvalue weighted by molar-refractivity contribution is 0.0696. The molecule has 0 saturated carbocycles. The molecule has 0 atom stereocenters. The maximum Gasteiger partial charge on any atom is 0.336 e. The van der Waals surface area contributed by atoms with E-state index in [4.69, 9.17) is 4.74 Å². The molecule has 3 aromatic rings. The topological polar surface area (TPSA) is 162 Å². The molecule has 3 heterocycles. The molecule has 13 heteroatoms. The van der Waals surface area contributed by atoms with E-state index < -0.39 is 37.7 Å². The highest BCUT2D eigenvalue weighted by Gasteiger charge is 2.33. The Kier molecular flexibility index (Phi) is 7.42. The van der Waals surface area contributed by atoms with E-state index in [2.05, 4.69) is 12.1 Å². The van der Waals surface area contributed by atoms with Gasteiger partial charge in [-0.25, -0.2) is 9.37 Å². The molecule has 3 N–H and O–H groups in total. The Bertz CT molecular complexity index is 2010. The van der Waals surface area contributed by atoms with E-state index in [9.17, 15) is 35.8 Å². The molecule has 224 valence electrons. The summed E-state index contributed by atoms with van der Waals surface area (Å²) in [5.41, 5.74) is 4.26. The Hall–Kier alpha value is -3.96. The molecule has 0 unspecified atom stereocenters. The van der Waals surface area contributed by atoms with Gasteiger partial charge in [0.2, 0.25) is 0 Å². The number of hydrogen-bond donors (Lipinski definition) is 3. The molecule has 0 amide bonds. The van der Waals surface area contributed by atoms with Crippen LogP contribution in [0.1, 0.15) is 45.5 Å². The number of benzene rings is 2. The van der Waals surface area contributed by atoms with Crippen molar-refractivity contribution in [3.05, 3.63) is 86.9 Å². The van der Waals surface area contributed by atoms with Crippen LogP contribution in [-0.2, 0) is 33.1 Å². The van der Waals surface area contributed by atoms with Crippen LogP contribution >= 0.6 is 0 Å². The van der Waals surface area contributed by atoms with Crippen LogP contribution in [0.3, 0.4) is 0 Å². The number of carboxylic acid groups (broad SMARTS) is 1. The lowest BCUT2D eigenvalue weighted by Gasteiger charge is -2.34. The summed E-state index contributed by atoms with van der Waals surface area (Å²) < 4.78 is 73.2. The molecule has 0 saturated heterocycles. The lowest BCUT2D eigenvalue weighted by Crippen LogP contribution is -2.41. The Morgan fingerprint density at radius 1 is 0.907 bits per heavy atom. The fourth-order valence-corrected chi connectivity index (χ4v) is 7.11. The fourth-order valence-electron chi connectivity index (χ4n) is 6.21. The number of ether oxygens (including phenoxy) is 1. The summed E-state index contributed by atoms with van der Waals surface area (Å²) in [6.07, 6.45) is 2.64. The number of anilines is 1. The highest BCUT2D eigenvalue weighted by atomic mass is 32.2. The zero-order chi connectivity index (χ0) is 30.5. The Morgan fingerprint density at radius 2 is 1.65 bits per heavy atom. The van der Waals surface area contributed by atoms with E-state index in [0.717, 1.165) is 16.8 Å². The number of carboxylic acids is 1. The van der Waals surface area contributed by atoms with Gasteiger partial charge in [-0.05, 0) is 43.0 Å². The summed E-state index contributed by atoms with van der Waals surface area (Å²) in [5, 5.41) is 11.2. The summed E-state index contributed by atoms with van der Waals surface area (Å²) in [4.78, 5) is 14.2. The van der Waals surface area contributed by atoms with Gasteiger partial charge in [0.1, 0.15) is 18.0 Å². The van der Waals surface area contributed by atoms with Crippen molar-refractivity contribution in [2.45, 2.75) is 25.7 Å². The van der Waals surface area contributed by atoms with Crippen molar-refractivity contribution in [1.29, 1.82) is 0 Å². The minimum atomic E-state index is -4.19. The van der Waals surface area contributed by atoms with Crippen molar-refractivity contribution in [2.75, 3.05) is 42.6 Å². The third kappa shape index (κ3) is 5.71. The summed E-state index contributed by atoms with van der Waals surface area (Å²) in [6, 6.07) is 16.8. The van der Waals surface area contributed by atoms with Crippen LogP contribution in [0.5, 0.6) is 11.5 Å². The van der Waals surface area contributed by atoms with Gasteiger partial charge in [-0.2, -0.15) is 16.8 Å². The Balaban J connectivity index is 1.61. The van der Waals surface area contributed by atoms with E-state index in [1.165, 1.54) is 6.07 Å². The van der Waals surface area contributed by atoms with E-state index in [1.54, 1.807) is 18.2 Å². The minimum absolute atomic E-state index is 0.0576. The van der Waals surface area contributed by atoms with Crippen molar-refractivity contribution in [2.24, 2.45) is 0 Å². The smallest absolute Gasteiger partial charge is 0.336 e. The summed E-state index contributed by atoms with van der Waals surface area (Å²) in [5.74, 6) is -0.943. The zero-order valence-electron chi connectivity index (χ0n) is 23.0. The molecule has 3 aliphatic rings. The van der Waals surface area contributed by atoms with Crippen LogP contribution in [0.25, 0.3) is 5.57 Å². The van der Waals surface area contributed by atoms with Crippen molar-refractivity contribution in [3.63, 3.8) is 0 Å². The van der Waals surface area contributed by atoms with Gasteiger partial charge in [-0.3, -0.25) is 9.11 Å². The van der Waals surface area contributed by atoms with Gasteiger partial charge in [0.15, 0.2) is 12.3 Å². The Labute approximate surface area is 248 Å². The van der Waals surface area contributed by atoms with Gasteiger partial charge in [0.25, 0.3) is 25.6 Å². The van der Waals surface area contributed by atoms with E-state index >= 15 is 0 Å². The highest BCUT2D eigenvalue weighted by Crippen LogP contribution is 2.45. The minimum Gasteiger partial charge on any atom is -0.478 e. The fraction of sp³-hybridized carbons (Fsp3) is 0.333. The van der Waals surface area contributed by atoms with Gasteiger partial charge in [-0.15, -0.1) is 0 Å². The highest BCUT2D eigenvalue weighted by molar-refractivity contribution is 7.86. The van der Waals surface area contributed by atoms with Crippen LogP contribution < -0.4 is 24.8 Å². The maximum absolute atomic E-state index is 12.3. The number of aromatic carboxylic acids is 1. The molecule has 43 heavy (non-hydrogen) atoms. The molecular formula is C30H29N2O9S2+. The van der Waals surface area contributed by atoms with Crippen molar-refractivity contribution >= 4 is 37.5 Å². The number of fused-ring (bicyclic) bond motifs is 6. The molecule has 0 bridgehead atoms. The van der Waals surface area contributed by atoms with Gasteiger partial charge < -0.3 is 14.7 Å². The average Bonchev–Trinajstić information content (AvgIpc) is 2.96. The molecule has 0 aliphatic carbocycles. The molecule has 3 aromatic carbocycles. The van der Waals surface area contributed by atoms with E-state index in [-0.39, 0.29) is 18.7 Å². The maximum atomic E-state index is 12.3. The first-order valence-corrected chi connectivity index (χ1v) is 17.1. The standard InChI is InChI=1S/C30H28N2O9S2/c33-30(34)20-6-2-1-5-19(20)27-23-9-11-25-21(7-3-13-31(25)15-17-42(35,36)37)28(23)41-29-22-8-4-14-32(16-18-43(38,39)40)26(22)12-10-24(27)29/h1-2,5-6,9,11H,3-4,7-8,13-18H2,(H2-,33,34,35,36,37,38,39,40)/p+1. The first kappa shape index (κ1) is 29.1. The van der Waals surface area contributed by atoms with Crippen LogP contribution in [0.2, 0.25) is 0 Å². The zero-order valence-corrected chi connectivity index (χ0v) is 24.7. The average molecular weight is 626 g/mol. The number of rotatable bonds is 8. The molecule has 0 aromatic heterocycles. The van der Waals surface area contributed by atoms with Crippen LogP contribution in [-0.4, -0.2) is 74.7 Å². The SMILES string of the molecule is O=C(O)c1ccccc1C1=c2c#cc3c(c2Oc2c1ccc1c2CCCN1CCS(=O)(=O)O)CCC[N+]=3CCS(=O)(=O)O. The summed E-state index contributed by atoms with van der Waals surface area (Å²) in [6.45, 7) is 1.30. The van der Waals surface area contributed by atoms with Gasteiger partial charge >= 0.3 is 5.97 Å². The van der Waals surface area contributed by atoms with Gasteiger partial charge in [0, 0.05) is 48.0 Å².